The van der Waals surface area contributed by atoms with Crippen molar-refractivity contribution in [2.24, 2.45) is 0 Å². The van der Waals surface area contributed by atoms with Crippen LogP contribution in [0.25, 0.3) is 22.1 Å². The number of hydrogen-bond donors (Lipinski definition) is 0. The van der Waals surface area contributed by atoms with Gasteiger partial charge >= 0.3 is 14.2 Å². The highest BCUT2D eigenvalue weighted by molar-refractivity contribution is 6.66. The average Bonchev–Trinajstić information content (AvgIpc) is 2.87. The number of benzene rings is 2. The first-order valence-electron chi connectivity index (χ1n) is 13.6. The average molecular weight is 511 g/mol. The van der Waals surface area contributed by atoms with Crippen molar-refractivity contribution in [3.63, 3.8) is 0 Å². The Morgan fingerprint density at radius 2 is 1.50 bits per heavy atom. The first kappa shape index (κ1) is 28.2. The van der Waals surface area contributed by atoms with Crippen molar-refractivity contribution in [2.75, 3.05) is 19.8 Å². The van der Waals surface area contributed by atoms with Crippen LogP contribution in [0.3, 0.4) is 0 Å². The highest BCUT2D eigenvalue weighted by Crippen LogP contribution is 2.27. The summed E-state index contributed by atoms with van der Waals surface area (Å²) in [5.74, 6) is 0.739. The lowest BCUT2D eigenvalue weighted by molar-refractivity contribution is 0.188. The normalized spacial score (nSPS) is 11.8. The van der Waals surface area contributed by atoms with Crippen molar-refractivity contribution in [1.82, 2.24) is 0 Å². The first-order valence-corrected chi connectivity index (χ1v) is 16.1. The van der Waals surface area contributed by atoms with Gasteiger partial charge in [-0.3, -0.25) is 0 Å². The van der Waals surface area contributed by atoms with Gasteiger partial charge in [0, 0.05) is 24.7 Å². The van der Waals surface area contributed by atoms with Gasteiger partial charge in [0.05, 0.1) is 12.2 Å². The Balaban J connectivity index is 1.43. The maximum absolute atomic E-state index is 12.7. The Morgan fingerprint density at radius 3 is 2.22 bits per heavy atom. The van der Waals surface area contributed by atoms with E-state index in [0.717, 1.165) is 60.8 Å². The fourth-order valence-electron chi connectivity index (χ4n) is 4.70. The molecule has 196 valence electrons. The van der Waals surface area contributed by atoms with Crippen LogP contribution in [0.15, 0.2) is 57.7 Å². The smallest absolute Gasteiger partial charge is 0.344 e. The highest BCUT2D eigenvalue weighted by atomic mass is 28.4. The van der Waals surface area contributed by atoms with Gasteiger partial charge in [0.25, 0.3) is 0 Å². The monoisotopic (exact) mass is 510 g/mol. The zero-order chi connectivity index (χ0) is 25.8. The third kappa shape index (κ3) is 8.05. The van der Waals surface area contributed by atoms with Gasteiger partial charge < -0.3 is 18.0 Å². The van der Waals surface area contributed by atoms with Crippen LogP contribution in [-0.4, -0.2) is 28.4 Å². The lowest BCUT2D eigenvalue weighted by atomic mass is 9.99. The van der Waals surface area contributed by atoms with Crippen molar-refractivity contribution in [1.29, 1.82) is 0 Å². The van der Waals surface area contributed by atoms with Crippen LogP contribution >= 0.6 is 0 Å². The summed E-state index contributed by atoms with van der Waals surface area (Å²) in [6, 6.07) is 16.7. The molecule has 5 nitrogen and oxygen atoms in total. The Morgan fingerprint density at radius 1 is 0.806 bits per heavy atom. The largest absolute Gasteiger partial charge is 0.493 e. The van der Waals surface area contributed by atoms with E-state index < -0.39 is 8.56 Å². The summed E-state index contributed by atoms with van der Waals surface area (Å²) >= 11 is 0. The molecule has 0 amide bonds. The van der Waals surface area contributed by atoms with Gasteiger partial charge in [0.2, 0.25) is 0 Å². The van der Waals surface area contributed by atoms with Gasteiger partial charge in [-0.1, -0.05) is 63.3 Å². The molecule has 0 radical (unpaired) electrons. The van der Waals surface area contributed by atoms with Crippen LogP contribution in [0.5, 0.6) is 5.75 Å². The first-order chi connectivity index (χ1) is 17.5. The minimum Gasteiger partial charge on any atom is -0.493 e. The Hall–Kier alpha value is -2.41. The van der Waals surface area contributed by atoms with Gasteiger partial charge in [0.15, 0.2) is 0 Å². The molecule has 0 aliphatic heterocycles. The molecule has 0 saturated carbocycles. The van der Waals surface area contributed by atoms with E-state index in [1.165, 1.54) is 25.7 Å². The van der Waals surface area contributed by atoms with Crippen LogP contribution in [-0.2, 0) is 15.3 Å². The summed E-state index contributed by atoms with van der Waals surface area (Å²) in [4.78, 5) is 12.7. The second-order valence-electron chi connectivity index (χ2n) is 9.38. The molecule has 0 N–H and O–H groups in total. The predicted octanol–water partition coefficient (Wildman–Crippen LogP) is 7.89. The van der Waals surface area contributed by atoms with E-state index in [2.05, 4.69) is 19.5 Å². The molecule has 0 aliphatic carbocycles. The Bertz CT molecular complexity index is 1130. The molecule has 0 fully saturated rings. The maximum atomic E-state index is 12.7. The number of aryl methyl sites for hydroxylation is 1. The summed E-state index contributed by atoms with van der Waals surface area (Å²) in [6.45, 7) is 10.5. The molecule has 0 unspecified atom stereocenters. The van der Waals surface area contributed by atoms with E-state index >= 15 is 0 Å². The summed E-state index contributed by atoms with van der Waals surface area (Å²) in [7, 11) is -1.96. The standard InChI is InChI=1S/C30H42O5Si/c1-5-24-16-12-13-17-27(24)28-22-25-18-19-26(23-29(25)35-30(28)31)32-20-14-10-8-9-11-15-21-36(4,33-6-2)34-7-3/h12-13,16-19,22-23H,5-11,14-15,20-21H2,1-4H3. The molecule has 0 spiro atoms. The molecule has 3 rings (SSSR count). The third-order valence-electron chi connectivity index (χ3n) is 6.59. The number of hydrogen-bond acceptors (Lipinski definition) is 5. The fourth-order valence-corrected chi connectivity index (χ4v) is 7.19. The topological polar surface area (TPSA) is 57.9 Å². The van der Waals surface area contributed by atoms with E-state index in [0.29, 0.717) is 17.8 Å². The van der Waals surface area contributed by atoms with E-state index in [4.69, 9.17) is 18.0 Å². The zero-order valence-corrected chi connectivity index (χ0v) is 23.4. The Kier molecular flexibility index (Phi) is 11.2. The minimum atomic E-state index is -1.96. The molecule has 1 heterocycles. The molecular weight excluding hydrogens is 468 g/mol. The van der Waals surface area contributed by atoms with Crippen molar-refractivity contribution in [3.8, 4) is 16.9 Å². The second-order valence-corrected chi connectivity index (χ2v) is 12.7. The molecule has 0 bridgehead atoms. The van der Waals surface area contributed by atoms with Crippen LogP contribution in [0, 0.1) is 0 Å². The molecule has 6 heteroatoms. The number of ether oxygens (including phenoxy) is 1. The second kappa shape index (κ2) is 14.4. The van der Waals surface area contributed by atoms with Gasteiger partial charge in [-0.15, -0.1) is 0 Å². The SMILES string of the molecule is CCO[Si](C)(CCCCCCCCOc1ccc2cc(-c3ccccc3CC)c(=O)oc2c1)OCC. The predicted molar refractivity (Wildman–Crippen MR) is 150 cm³/mol. The van der Waals surface area contributed by atoms with Crippen LogP contribution in [0.1, 0.15) is 64.9 Å². The molecule has 0 aliphatic rings. The molecule has 2 aromatic carbocycles. The van der Waals surface area contributed by atoms with Crippen LogP contribution in [0.4, 0.5) is 0 Å². The maximum Gasteiger partial charge on any atom is 0.344 e. The van der Waals surface area contributed by atoms with E-state index in [1.807, 2.05) is 56.3 Å². The Labute approximate surface area is 217 Å². The molecule has 3 aromatic rings. The summed E-state index contributed by atoms with van der Waals surface area (Å²) in [5, 5.41) is 0.899. The molecule has 1 aromatic heterocycles. The minimum absolute atomic E-state index is 0.314. The summed E-state index contributed by atoms with van der Waals surface area (Å²) in [5.41, 5.74) is 2.93. The third-order valence-corrected chi connectivity index (χ3v) is 9.65. The molecular formula is C30H42O5Si. The molecule has 0 saturated heterocycles. The van der Waals surface area contributed by atoms with Gasteiger partial charge in [0.1, 0.15) is 11.3 Å². The quantitative estimate of drug-likeness (QED) is 0.111. The number of rotatable bonds is 16. The highest BCUT2D eigenvalue weighted by Gasteiger charge is 2.29. The lowest BCUT2D eigenvalue weighted by Gasteiger charge is -2.25. The fraction of sp³-hybridized carbons (Fsp3) is 0.500. The number of unbranched alkanes of at least 4 members (excludes halogenated alkanes) is 5. The van der Waals surface area contributed by atoms with Crippen molar-refractivity contribution in [2.45, 2.75) is 78.3 Å². The van der Waals surface area contributed by atoms with Crippen molar-refractivity contribution < 1.29 is 18.0 Å². The van der Waals surface area contributed by atoms with Crippen LogP contribution in [0.2, 0.25) is 12.6 Å². The summed E-state index contributed by atoms with van der Waals surface area (Å²) < 4.78 is 23.4. The molecule has 36 heavy (non-hydrogen) atoms. The van der Waals surface area contributed by atoms with Crippen molar-refractivity contribution in [3.05, 3.63) is 64.5 Å². The molecule has 0 atom stereocenters. The van der Waals surface area contributed by atoms with Crippen molar-refractivity contribution >= 4 is 19.5 Å². The number of fused-ring (bicyclic) bond motifs is 1. The summed E-state index contributed by atoms with van der Waals surface area (Å²) in [6.07, 6.45) is 7.86. The zero-order valence-electron chi connectivity index (χ0n) is 22.4. The van der Waals surface area contributed by atoms with Crippen LogP contribution < -0.4 is 10.4 Å². The van der Waals surface area contributed by atoms with E-state index in [-0.39, 0.29) is 5.63 Å². The van der Waals surface area contributed by atoms with Gasteiger partial charge in [-0.25, -0.2) is 4.79 Å². The van der Waals surface area contributed by atoms with E-state index in [1.54, 1.807) is 0 Å². The lowest BCUT2D eigenvalue weighted by Crippen LogP contribution is -2.38. The van der Waals surface area contributed by atoms with Gasteiger partial charge in [-0.2, -0.15) is 0 Å². The van der Waals surface area contributed by atoms with E-state index in [9.17, 15) is 4.79 Å². The van der Waals surface area contributed by atoms with Gasteiger partial charge in [-0.05, 0) is 68.6 Å².